The van der Waals surface area contributed by atoms with Gasteiger partial charge in [0.05, 0.1) is 12.8 Å². The first-order chi connectivity index (χ1) is 17.1. The normalized spacial score (nSPS) is 15.3. The highest BCUT2D eigenvalue weighted by atomic mass is 32.2. The van der Waals surface area contributed by atoms with Crippen LogP contribution in [-0.4, -0.2) is 23.0 Å². The molecule has 6 heteroatoms. The third-order valence-corrected chi connectivity index (χ3v) is 8.40. The molecule has 4 rings (SSSR count). The van der Waals surface area contributed by atoms with Gasteiger partial charge in [-0.05, 0) is 86.4 Å². The van der Waals surface area contributed by atoms with Crippen molar-refractivity contribution in [3.05, 3.63) is 82.9 Å². The van der Waals surface area contributed by atoms with E-state index in [1.165, 1.54) is 16.7 Å². The van der Waals surface area contributed by atoms with E-state index in [1.807, 2.05) is 30.8 Å². The number of aromatic amines is 1. The lowest BCUT2D eigenvalue weighted by Gasteiger charge is -2.31. The van der Waals surface area contributed by atoms with Gasteiger partial charge in [-0.1, -0.05) is 38.1 Å². The Morgan fingerprint density at radius 1 is 1.19 bits per heavy atom. The van der Waals surface area contributed by atoms with Gasteiger partial charge in [0.15, 0.2) is 5.82 Å². The van der Waals surface area contributed by atoms with Gasteiger partial charge in [-0.25, -0.2) is 4.98 Å². The molecular weight excluding hydrogens is 466 g/mol. The van der Waals surface area contributed by atoms with Crippen LogP contribution in [0.3, 0.4) is 0 Å². The molecule has 0 spiro atoms. The monoisotopic (exact) mass is 503 g/mol. The van der Waals surface area contributed by atoms with Gasteiger partial charge in [-0.15, -0.1) is 11.8 Å². The second kappa shape index (κ2) is 10.6. The maximum absolute atomic E-state index is 12.9. The summed E-state index contributed by atoms with van der Waals surface area (Å²) in [5.41, 5.74) is 6.86. The molecule has 2 N–H and O–H groups in total. The number of hydrogen-bond acceptors (Lipinski definition) is 4. The molecule has 2 aromatic carbocycles. The summed E-state index contributed by atoms with van der Waals surface area (Å²) in [4.78, 5) is 20.2. The van der Waals surface area contributed by atoms with Crippen LogP contribution in [0.15, 0.2) is 54.7 Å². The predicted octanol–water partition coefficient (Wildman–Crippen LogP) is 7.74. The number of H-pyrrole nitrogens is 1. The summed E-state index contributed by atoms with van der Waals surface area (Å²) < 4.78 is 5.18. The molecule has 0 bridgehead atoms. The van der Waals surface area contributed by atoms with E-state index in [-0.39, 0.29) is 10.7 Å². The number of thioether (sulfide) groups is 1. The molecule has 1 aliphatic carbocycles. The number of nitrogens with zero attached hydrogens (tertiary/aromatic N) is 1. The molecule has 0 saturated heterocycles. The van der Waals surface area contributed by atoms with E-state index in [9.17, 15) is 4.79 Å². The fourth-order valence-corrected chi connectivity index (χ4v) is 5.41. The molecule has 1 aliphatic rings. The Hall–Kier alpha value is -2.99. The van der Waals surface area contributed by atoms with Gasteiger partial charge in [0.1, 0.15) is 5.75 Å². The molecule has 3 aromatic rings. The molecule has 0 saturated carbocycles. The van der Waals surface area contributed by atoms with Crippen LogP contribution in [0.4, 0.5) is 5.69 Å². The molecule has 0 unspecified atom stereocenters. The van der Waals surface area contributed by atoms with E-state index in [2.05, 4.69) is 79.4 Å². The van der Waals surface area contributed by atoms with Crippen molar-refractivity contribution in [1.29, 1.82) is 0 Å². The zero-order valence-corrected chi connectivity index (χ0v) is 23.0. The lowest BCUT2D eigenvalue weighted by atomic mass is 9.76. The second-order valence-electron chi connectivity index (χ2n) is 10.8. The smallest absolute Gasteiger partial charge is 0.291 e. The highest BCUT2D eigenvalue weighted by Crippen LogP contribution is 2.43. The number of imidazole rings is 1. The fourth-order valence-electron chi connectivity index (χ4n) is 4.40. The van der Waals surface area contributed by atoms with E-state index in [1.54, 1.807) is 13.3 Å². The maximum atomic E-state index is 12.9. The van der Waals surface area contributed by atoms with Gasteiger partial charge >= 0.3 is 0 Å². The molecule has 0 fully saturated rings. The Morgan fingerprint density at radius 3 is 2.56 bits per heavy atom. The van der Waals surface area contributed by atoms with E-state index >= 15 is 0 Å². The van der Waals surface area contributed by atoms with Crippen molar-refractivity contribution in [2.75, 3.05) is 12.4 Å². The number of allylic oxidation sites excluding steroid dienone is 2. The minimum Gasteiger partial charge on any atom is -0.497 e. The van der Waals surface area contributed by atoms with Gasteiger partial charge < -0.3 is 15.0 Å². The predicted molar refractivity (Wildman–Crippen MR) is 151 cm³/mol. The third kappa shape index (κ3) is 6.22. The number of amides is 1. The first kappa shape index (κ1) is 26.1. The average molecular weight is 504 g/mol. The quantitative estimate of drug-likeness (QED) is 0.330. The Bertz CT molecular complexity index is 1260. The Kier molecular flexibility index (Phi) is 7.65. The van der Waals surface area contributed by atoms with Crippen LogP contribution in [0.25, 0.3) is 5.57 Å². The lowest BCUT2D eigenvalue weighted by molar-refractivity contribution is 0.101. The van der Waals surface area contributed by atoms with Gasteiger partial charge in [0, 0.05) is 27.9 Å². The van der Waals surface area contributed by atoms with Crippen LogP contribution in [0.2, 0.25) is 0 Å². The molecule has 1 heterocycles. The summed E-state index contributed by atoms with van der Waals surface area (Å²) in [5, 5.41) is 3.11. The summed E-state index contributed by atoms with van der Waals surface area (Å²) in [5.74, 6) is 1.89. The summed E-state index contributed by atoms with van der Waals surface area (Å²) in [7, 11) is 1.69. The van der Waals surface area contributed by atoms with Crippen LogP contribution < -0.4 is 10.1 Å². The number of nitrogens with one attached hydrogen (secondary N) is 2. The van der Waals surface area contributed by atoms with Crippen molar-refractivity contribution in [3.8, 4) is 5.75 Å². The Balaban J connectivity index is 1.61. The van der Waals surface area contributed by atoms with E-state index < -0.39 is 0 Å². The molecular formula is C30H37N3O2S. The molecule has 0 radical (unpaired) electrons. The maximum Gasteiger partial charge on any atom is 0.291 e. The topological polar surface area (TPSA) is 67.0 Å². The minimum absolute atomic E-state index is 0.107. The van der Waals surface area contributed by atoms with Crippen molar-refractivity contribution in [2.24, 2.45) is 5.41 Å². The van der Waals surface area contributed by atoms with Crippen LogP contribution in [0.5, 0.6) is 5.75 Å². The molecule has 0 atom stereocenters. The Labute approximate surface area is 219 Å². The number of methoxy groups -OCH3 is 1. The number of benzene rings is 2. The van der Waals surface area contributed by atoms with Crippen LogP contribution >= 0.6 is 11.8 Å². The molecule has 0 aliphatic heterocycles. The lowest BCUT2D eigenvalue weighted by Crippen LogP contribution is -2.18. The van der Waals surface area contributed by atoms with Gasteiger partial charge in [0.2, 0.25) is 0 Å². The summed E-state index contributed by atoms with van der Waals surface area (Å²) in [6.45, 7) is 11.0. The standard InChI is InChI=1S/C30H37N3O2S/c1-20-18-31-27(32-20)28(34)33-26-12-9-23(17-25(26)22-13-15-29(2,3)16-14-22)30(4,5)36-19-21-7-10-24(35-6)11-8-21/h7-13,17-18H,14-16,19H2,1-6H3,(H,31,32)(H,33,34). The van der Waals surface area contributed by atoms with Crippen molar-refractivity contribution in [3.63, 3.8) is 0 Å². The van der Waals surface area contributed by atoms with E-state index in [0.717, 1.165) is 47.7 Å². The first-order valence-corrected chi connectivity index (χ1v) is 13.5. The van der Waals surface area contributed by atoms with E-state index in [4.69, 9.17) is 4.74 Å². The molecule has 190 valence electrons. The Morgan fingerprint density at radius 2 is 1.94 bits per heavy atom. The van der Waals surface area contributed by atoms with Gasteiger partial charge in [0.25, 0.3) is 5.91 Å². The number of anilines is 1. The average Bonchev–Trinajstić information content (AvgIpc) is 3.30. The molecule has 1 amide bonds. The van der Waals surface area contributed by atoms with Crippen molar-refractivity contribution in [1.82, 2.24) is 9.97 Å². The van der Waals surface area contributed by atoms with Crippen LogP contribution in [-0.2, 0) is 10.5 Å². The van der Waals surface area contributed by atoms with Gasteiger partial charge in [-0.2, -0.15) is 0 Å². The number of hydrogen-bond donors (Lipinski definition) is 2. The largest absolute Gasteiger partial charge is 0.497 e. The molecule has 5 nitrogen and oxygen atoms in total. The summed E-state index contributed by atoms with van der Waals surface area (Å²) in [6, 6.07) is 14.7. The minimum atomic E-state index is -0.220. The van der Waals surface area contributed by atoms with Crippen LogP contribution in [0, 0.1) is 12.3 Å². The zero-order valence-electron chi connectivity index (χ0n) is 22.2. The molecule has 1 aromatic heterocycles. The fraction of sp³-hybridized carbons (Fsp3) is 0.400. The first-order valence-electron chi connectivity index (χ1n) is 12.5. The number of aromatic nitrogens is 2. The highest BCUT2D eigenvalue weighted by molar-refractivity contribution is 7.99. The van der Waals surface area contributed by atoms with Crippen molar-refractivity contribution < 1.29 is 9.53 Å². The number of aryl methyl sites for hydroxylation is 1. The summed E-state index contributed by atoms with van der Waals surface area (Å²) >= 11 is 1.91. The third-order valence-electron chi connectivity index (χ3n) is 6.96. The SMILES string of the molecule is COc1ccc(CSC(C)(C)c2ccc(NC(=O)c3nc(C)c[nH]3)c(C3=CCC(C)(C)CC3)c2)cc1. The van der Waals surface area contributed by atoms with E-state index in [0.29, 0.717) is 11.2 Å². The number of ether oxygens (including phenoxy) is 1. The van der Waals surface area contributed by atoms with Crippen LogP contribution in [0.1, 0.15) is 80.0 Å². The van der Waals surface area contributed by atoms with Crippen molar-refractivity contribution in [2.45, 2.75) is 64.4 Å². The number of carbonyl (C=O) groups is 1. The van der Waals surface area contributed by atoms with Gasteiger partial charge in [-0.3, -0.25) is 4.79 Å². The molecule has 36 heavy (non-hydrogen) atoms. The highest BCUT2D eigenvalue weighted by Gasteiger charge is 2.27. The summed E-state index contributed by atoms with van der Waals surface area (Å²) in [6.07, 6.45) is 7.26. The second-order valence-corrected chi connectivity index (χ2v) is 12.4. The van der Waals surface area contributed by atoms with Crippen molar-refractivity contribution >= 4 is 28.9 Å². The number of carbonyl (C=O) groups excluding carboxylic acids is 1. The zero-order chi connectivity index (χ0) is 25.9. The number of rotatable bonds is 8.